The summed E-state index contributed by atoms with van der Waals surface area (Å²) in [5.74, 6) is 0. The first kappa shape index (κ1) is 11.5. The van der Waals surface area contributed by atoms with Crippen LogP contribution < -0.4 is 10.9 Å². The summed E-state index contributed by atoms with van der Waals surface area (Å²) in [4.78, 5) is 15.2. The van der Waals surface area contributed by atoms with Crippen LogP contribution in [0.15, 0.2) is 23.0 Å². The van der Waals surface area contributed by atoms with Crippen molar-refractivity contribution in [3.05, 3.63) is 45.2 Å². The molecule has 94 valence electrons. The highest BCUT2D eigenvalue weighted by Crippen LogP contribution is 2.24. The van der Waals surface area contributed by atoms with Crippen LogP contribution in [0.2, 0.25) is 0 Å². The van der Waals surface area contributed by atoms with Gasteiger partial charge in [0.1, 0.15) is 0 Å². The Morgan fingerprint density at radius 1 is 1.22 bits per heavy atom. The average Bonchev–Trinajstić information content (AvgIpc) is 2.81. The molecule has 3 nitrogen and oxygen atoms in total. The highest BCUT2D eigenvalue weighted by atomic mass is 16.1. The second-order valence-electron chi connectivity index (χ2n) is 5.25. The van der Waals surface area contributed by atoms with E-state index in [0.29, 0.717) is 0 Å². The molecule has 1 aliphatic heterocycles. The molecule has 0 radical (unpaired) electrons. The van der Waals surface area contributed by atoms with Crippen LogP contribution >= 0.6 is 0 Å². The van der Waals surface area contributed by atoms with Gasteiger partial charge in [-0.2, -0.15) is 0 Å². The van der Waals surface area contributed by atoms with Crippen LogP contribution in [0.4, 0.5) is 0 Å². The summed E-state index contributed by atoms with van der Waals surface area (Å²) in [6.45, 7) is 5.16. The van der Waals surface area contributed by atoms with Gasteiger partial charge < -0.3 is 10.3 Å². The van der Waals surface area contributed by atoms with Crippen molar-refractivity contribution in [3.8, 4) is 0 Å². The Labute approximate surface area is 106 Å². The van der Waals surface area contributed by atoms with Gasteiger partial charge in [0, 0.05) is 22.5 Å². The fourth-order valence-corrected chi connectivity index (χ4v) is 2.90. The van der Waals surface area contributed by atoms with Crippen LogP contribution in [0.3, 0.4) is 0 Å². The minimum atomic E-state index is 0.0481. The first-order chi connectivity index (χ1) is 8.65. The lowest BCUT2D eigenvalue weighted by Crippen LogP contribution is -2.22. The fraction of sp³-hybridized carbons (Fsp3) is 0.400. The molecule has 3 rings (SSSR count). The maximum atomic E-state index is 12.1. The van der Waals surface area contributed by atoms with Crippen molar-refractivity contribution < 1.29 is 0 Å². The molecule has 1 saturated heterocycles. The van der Waals surface area contributed by atoms with Gasteiger partial charge in [-0.3, -0.25) is 4.79 Å². The Hall–Kier alpha value is -1.61. The molecule has 0 spiro atoms. The second kappa shape index (κ2) is 4.25. The van der Waals surface area contributed by atoms with Crippen LogP contribution in [-0.2, 0) is 0 Å². The van der Waals surface area contributed by atoms with Crippen molar-refractivity contribution in [1.82, 2.24) is 10.3 Å². The van der Waals surface area contributed by atoms with Crippen molar-refractivity contribution in [2.24, 2.45) is 0 Å². The number of pyridine rings is 1. The number of fused-ring (bicyclic) bond motifs is 1. The van der Waals surface area contributed by atoms with Crippen LogP contribution in [-0.4, -0.2) is 11.5 Å². The summed E-state index contributed by atoms with van der Waals surface area (Å²) in [5, 5.41) is 4.55. The normalized spacial score (nSPS) is 19.6. The number of rotatable bonds is 1. The first-order valence-corrected chi connectivity index (χ1v) is 6.53. The molecule has 0 bridgehead atoms. The SMILES string of the molecule is Cc1cc(C)c2cc(C3CCCN3)c(=O)[nH]c2c1. The standard InChI is InChI=1S/C15H18N2O/c1-9-6-10(2)11-8-12(13-4-3-5-16-13)15(18)17-14(11)7-9/h6-8,13,16H,3-5H2,1-2H3,(H,17,18). The molecule has 1 atom stereocenters. The molecule has 2 heterocycles. The number of aromatic nitrogens is 1. The molecule has 0 saturated carbocycles. The quantitative estimate of drug-likeness (QED) is 0.807. The van der Waals surface area contributed by atoms with Gasteiger partial charge in [-0.15, -0.1) is 0 Å². The molecule has 2 aromatic rings. The molecule has 1 aromatic heterocycles. The number of hydrogen-bond donors (Lipinski definition) is 2. The smallest absolute Gasteiger partial charge is 0.253 e. The maximum absolute atomic E-state index is 12.1. The Morgan fingerprint density at radius 2 is 2.06 bits per heavy atom. The Bertz CT molecular complexity index is 651. The molecule has 1 fully saturated rings. The zero-order valence-electron chi connectivity index (χ0n) is 10.8. The third kappa shape index (κ3) is 1.85. The number of aromatic amines is 1. The molecule has 0 amide bonds. The van der Waals surface area contributed by atoms with Crippen LogP contribution in [0.25, 0.3) is 10.9 Å². The molecule has 1 aliphatic rings. The molecule has 18 heavy (non-hydrogen) atoms. The zero-order chi connectivity index (χ0) is 12.7. The summed E-state index contributed by atoms with van der Waals surface area (Å²) in [6, 6.07) is 6.48. The molecule has 1 aromatic carbocycles. The highest BCUT2D eigenvalue weighted by Gasteiger charge is 2.19. The lowest BCUT2D eigenvalue weighted by Gasteiger charge is -2.12. The van der Waals surface area contributed by atoms with Gasteiger partial charge in [-0.25, -0.2) is 0 Å². The largest absolute Gasteiger partial charge is 0.322 e. The summed E-state index contributed by atoms with van der Waals surface area (Å²) in [7, 11) is 0. The van der Waals surface area contributed by atoms with E-state index in [-0.39, 0.29) is 11.6 Å². The van der Waals surface area contributed by atoms with E-state index in [0.717, 1.165) is 35.9 Å². The number of hydrogen-bond acceptors (Lipinski definition) is 2. The van der Waals surface area contributed by atoms with E-state index in [1.54, 1.807) is 0 Å². The van der Waals surface area contributed by atoms with Gasteiger partial charge >= 0.3 is 0 Å². The highest BCUT2D eigenvalue weighted by molar-refractivity contribution is 5.83. The van der Waals surface area contributed by atoms with Gasteiger partial charge in [-0.05, 0) is 56.5 Å². The van der Waals surface area contributed by atoms with Crippen molar-refractivity contribution in [2.45, 2.75) is 32.7 Å². The number of benzene rings is 1. The Morgan fingerprint density at radius 3 is 2.78 bits per heavy atom. The second-order valence-corrected chi connectivity index (χ2v) is 5.25. The lowest BCUT2D eigenvalue weighted by atomic mass is 10.0. The molecule has 1 unspecified atom stereocenters. The Kier molecular flexibility index (Phi) is 2.71. The Balaban J connectivity index is 2.22. The number of nitrogens with one attached hydrogen (secondary N) is 2. The first-order valence-electron chi connectivity index (χ1n) is 6.53. The molecular weight excluding hydrogens is 224 g/mol. The van der Waals surface area contributed by atoms with Crippen molar-refractivity contribution in [3.63, 3.8) is 0 Å². The third-order valence-electron chi connectivity index (χ3n) is 3.78. The monoisotopic (exact) mass is 242 g/mol. The molecule has 3 heteroatoms. The van der Waals surface area contributed by atoms with E-state index in [2.05, 4.69) is 36.3 Å². The van der Waals surface area contributed by atoms with Crippen molar-refractivity contribution in [2.75, 3.05) is 6.54 Å². The average molecular weight is 242 g/mol. The van der Waals surface area contributed by atoms with Gasteiger partial charge in [0.2, 0.25) is 0 Å². The molecule has 2 N–H and O–H groups in total. The summed E-state index contributed by atoms with van der Waals surface area (Å²) in [5.41, 5.74) is 4.28. The van der Waals surface area contributed by atoms with Crippen molar-refractivity contribution >= 4 is 10.9 Å². The van der Waals surface area contributed by atoms with Gasteiger partial charge in [0.05, 0.1) is 0 Å². The number of aryl methyl sites for hydroxylation is 2. The maximum Gasteiger partial charge on any atom is 0.253 e. The predicted octanol–water partition coefficient (Wildman–Crippen LogP) is 2.57. The van der Waals surface area contributed by atoms with E-state index in [9.17, 15) is 4.79 Å². The topological polar surface area (TPSA) is 44.9 Å². The summed E-state index contributed by atoms with van der Waals surface area (Å²) < 4.78 is 0. The fourth-order valence-electron chi connectivity index (χ4n) is 2.90. The predicted molar refractivity (Wildman–Crippen MR) is 74.0 cm³/mol. The van der Waals surface area contributed by atoms with Gasteiger partial charge in [-0.1, -0.05) is 6.07 Å². The zero-order valence-corrected chi connectivity index (χ0v) is 10.8. The van der Waals surface area contributed by atoms with Gasteiger partial charge in [0.25, 0.3) is 5.56 Å². The number of H-pyrrole nitrogens is 1. The van der Waals surface area contributed by atoms with Crippen molar-refractivity contribution in [1.29, 1.82) is 0 Å². The lowest BCUT2D eigenvalue weighted by molar-refractivity contribution is 0.641. The van der Waals surface area contributed by atoms with Crippen LogP contribution in [0.5, 0.6) is 0 Å². The van der Waals surface area contributed by atoms with E-state index in [4.69, 9.17) is 0 Å². The minimum Gasteiger partial charge on any atom is -0.322 e. The van der Waals surface area contributed by atoms with Gasteiger partial charge in [0.15, 0.2) is 0 Å². The van der Waals surface area contributed by atoms with Crippen LogP contribution in [0.1, 0.15) is 35.6 Å². The molecule has 0 aliphatic carbocycles. The minimum absolute atomic E-state index is 0.0481. The van der Waals surface area contributed by atoms with Crippen LogP contribution in [0, 0.1) is 13.8 Å². The third-order valence-corrected chi connectivity index (χ3v) is 3.78. The van der Waals surface area contributed by atoms with E-state index >= 15 is 0 Å². The van der Waals surface area contributed by atoms with E-state index < -0.39 is 0 Å². The summed E-state index contributed by atoms with van der Waals surface area (Å²) >= 11 is 0. The van der Waals surface area contributed by atoms with E-state index in [1.165, 1.54) is 11.1 Å². The summed E-state index contributed by atoms with van der Waals surface area (Å²) in [6.07, 6.45) is 2.20. The molecular formula is C15H18N2O. The van der Waals surface area contributed by atoms with E-state index in [1.807, 2.05) is 6.07 Å².